The van der Waals surface area contributed by atoms with Crippen molar-refractivity contribution < 1.29 is 9.59 Å². The minimum absolute atomic E-state index is 0.0208. The van der Waals surface area contributed by atoms with Gasteiger partial charge in [-0.2, -0.15) is 0 Å². The number of carbonyl (C=O) groups excluding carboxylic acids is 2. The summed E-state index contributed by atoms with van der Waals surface area (Å²) in [5.41, 5.74) is 0.949. The Bertz CT molecular complexity index is 514. The Kier molecular flexibility index (Phi) is 3.57. The van der Waals surface area contributed by atoms with Gasteiger partial charge in [-0.15, -0.1) is 0 Å². The number of carbonyl (C=O) groups is 2. The molecule has 2 aliphatic heterocycles. The van der Waals surface area contributed by atoms with Crippen LogP contribution in [-0.4, -0.2) is 35.8 Å². The fraction of sp³-hybridized carbons (Fsp3) is 0.500. The normalized spacial score (nSPS) is 30.9. The zero-order valence-corrected chi connectivity index (χ0v) is 11.7. The summed E-state index contributed by atoms with van der Waals surface area (Å²) < 4.78 is 0. The van der Waals surface area contributed by atoms with Gasteiger partial charge in [0.2, 0.25) is 11.8 Å². The van der Waals surface area contributed by atoms with Crippen LogP contribution in [-0.2, 0) is 9.59 Å². The van der Waals surface area contributed by atoms with E-state index in [9.17, 15) is 9.59 Å². The Morgan fingerprint density at radius 3 is 2.60 bits per heavy atom. The smallest absolute Gasteiger partial charge is 0.237 e. The minimum Gasteiger partial charge on any atom is -0.314 e. The van der Waals surface area contributed by atoms with E-state index in [-0.39, 0.29) is 23.8 Å². The van der Waals surface area contributed by atoms with E-state index in [1.807, 2.05) is 30.3 Å². The Morgan fingerprint density at radius 1 is 1.15 bits per heavy atom. The molecule has 2 saturated heterocycles. The van der Waals surface area contributed by atoms with E-state index in [1.54, 1.807) is 0 Å². The van der Waals surface area contributed by atoms with Gasteiger partial charge in [0.1, 0.15) is 0 Å². The van der Waals surface area contributed by atoms with Crippen molar-refractivity contribution in [2.45, 2.75) is 31.7 Å². The second kappa shape index (κ2) is 5.37. The summed E-state index contributed by atoms with van der Waals surface area (Å²) in [5.74, 6) is 0.165. The molecule has 0 bridgehead atoms. The molecule has 2 amide bonds. The van der Waals surface area contributed by atoms with Crippen LogP contribution >= 0.6 is 0 Å². The monoisotopic (exact) mass is 272 g/mol. The zero-order chi connectivity index (χ0) is 14.1. The molecule has 3 rings (SSSR count). The molecule has 0 spiro atoms. The van der Waals surface area contributed by atoms with E-state index in [0.29, 0.717) is 12.3 Å². The number of rotatable bonds is 2. The fourth-order valence-electron chi connectivity index (χ4n) is 3.30. The van der Waals surface area contributed by atoms with E-state index in [4.69, 9.17) is 0 Å². The van der Waals surface area contributed by atoms with Crippen molar-refractivity contribution in [3.8, 4) is 0 Å². The molecule has 0 aromatic heterocycles. The second-order valence-electron chi connectivity index (χ2n) is 5.92. The molecule has 1 aromatic rings. The molecular weight excluding hydrogens is 252 g/mol. The highest BCUT2D eigenvalue weighted by Gasteiger charge is 2.43. The molecule has 0 aliphatic carbocycles. The third-order valence-corrected chi connectivity index (χ3v) is 4.30. The molecule has 20 heavy (non-hydrogen) atoms. The van der Waals surface area contributed by atoms with Crippen molar-refractivity contribution in [3.63, 3.8) is 0 Å². The summed E-state index contributed by atoms with van der Waals surface area (Å²) in [6.45, 7) is 3.84. The predicted molar refractivity (Wildman–Crippen MR) is 76.1 cm³/mol. The van der Waals surface area contributed by atoms with Crippen LogP contribution in [0, 0.1) is 5.92 Å². The Hall–Kier alpha value is -1.68. The summed E-state index contributed by atoms with van der Waals surface area (Å²) in [6, 6.07) is 9.64. The lowest BCUT2D eigenvalue weighted by atomic mass is 9.95. The zero-order valence-electron chi connectivity index (χ0n) is 11.7. The summed E-state index contributed by atoms with van der Waals surface area (Å²) in [6.07, 6.45) is 1.22. The first-order valence-electron chi connectivity index (χ1n) is 7.28. The molecule has 2 heterocycles. The first-order chi connectivity index (χ1) is 9.66. The highest BCUT2D eigenvalue weighted by molar-refractivity contribution is 6.06. The molecule has 0 radical (unpaired) electrons. The average molecular weight is 272 g/mol. The molecule has 2 fully saturated rings. The summed E-state index contributed by atoms with van der Waals surface area (Å²) in [5, 5.41) is 3.31. The minimum atomic E-state index is -0.291. The van der Waals surface area contributed by atoms with E-state index in [2.05, 4.69) is 12.2 Å². The third-order valence-electron chi connectivity index (χ3n) is 4.30. The molecule has 2 aliphatic rings. The van der Waals surface area contributed by atoms with Crippen LogP contribution in [0.2, 0.25) is 0 Å². The van der Waals surface area contributed by atoms with Crippen LogP contribution in [0.5, 0.6) is 0 Å². The maximum absolute atomic E-state index is 12.6. The molecule has 3 unspecified atom stereocenters. The topological polar surface area (TPSA) is 49.4 Å². The number of amides is 2. The van der Waals surface area contributed by atoms with Crippen LogP contribution in [0.4, 0.5) is 0 Å². The van der Waals surface area contributed by atoms with Crippen molar-refractivity contribution in [1.29, 1.82) is 0 Å². The van der Waals surface area contributed by atoms with Gasteiger partial charge in [-0.25, -0.2) is 0 Å². The molecule has 4 nitrogen and oxygen atoms in total. The first kappa shape index (κ1) is 13.3. The number of nitrogens with zero attached hydrogens (tertiary/aromatic N) is 1. The molecule has 1 aromatic carbocycles. The van der Waals surface area contributed by atoms with Gasteiger partial charge < -0.3 is 5.32 Å². The number of hydrogen-bond donors (Lipinski definition) is 1. The van der Waals surface area contributed by atoms with Gasteiger partial charge in [-0.05, 0) is 24.4 Å². The Balaban J connectivity index is 1.80. The number of benzene rings is 1. The second-order valence-corrected chi connectivity index (χ2v) is 5.92. The van der Waals surface area contributed by atoms with Crippen molar-refractivity contribution in [3.05, 3.63) is 35.9 Å². The number of hydrogen-bond acceptors (Lipinski definition) is 3. The maximum atomic E-state index is 12.6. The van der Waals surface area contributed by atoms with Crippen LogP contribution in [0.25, 0.3) is 0 Å². The van der Waals surface area contributed by atoms with Gasteiger partial charge in [0, 0.05) is 13.0 Å². The van der Waals surface area contributed by atoms with Crippen LogP contribution in [0.15, 0.2) is 30.3 Å². The fourth-order valence-corrected chi connectivity index (χ4v) is 3.30. The third kappa shape index (κ3) is 2.36. The van der Waals surface area contributed by atoms with Gasteiger partial charge in [0.05, 0.1) is 12.0 Å². The summed E-state index contributed by atoms with van der Waals surface area (Å²) in [7, 11) is 0. The van der Waals surface area contributed by atoms with Gasteiger partial charge in [0.15, 0.2) is 0 Å². The Labute approximate surface area is 119 Å². The quantitative estimate of drug-likeness (QED) is 0.831. The Morgan fingerprint density at radius 2 is 1.90 bits per heavy atom. The summed E-state index contributed by atoms with van der Waals surface area (Å²) in [4.78, 5) is 26.4. The molecule has 4 heteroatoms. The van der Waals surface area contributed by atoms with Crippen molar-refractivity contribution in [1.82, 2.24) is 10.2 Å². The highest BCUT2D eigenvalue weighted by Crippen LogP contribution is 2.32. The molecule has 3 atom stereocenters. The van der Waals surface area contributed by atoms with E-state index >= 15 is 0 Å². The molecule has 106 valence electrons. The lowest BCUT2D eigenvalue weighted by Gasteiger charge is -2.33. The predicted octanol–water partition coefficient (Wildman–Crippen LogP) is 1.53. The number of likely N-dealkylation sites (tertiary alicyclic amines) is 1. The van der Waals surface area contributed by atoms with Gasteiger partial charge in [-0.3, -0.25) is 14.5 Å². The average Bonchev–Trinajstić information content (AvgIpc) is 2.75. The van der Waals surface area contributed by atoms with Crippen LogP contribution in [0.3, 0.4) is 0 Å². The standard InChI is InChI=1S/C16H20N2O2/c1-11-7-13(10-17-9-11)18-15(19)8-14(16(18)20)12-5-3-2-4-6-12/h2-6,11,13-14,17H,7-10H2,1H3. The van der Waals surface area contributed by atoms with E-state index < -0.39 is 0 Å². The lowest BCUT2D eigenvalue weighted by molar-refractivity contribution is -0.142. The van der Waals surface area contributed by atoms with Crippen molar-refractivity contribution in [2.24, 2.45) is 5.92 Å². The van der Waals surface area contributed by atoms with E-state index in [0.717, 1.165) is 25.1 Å². The molecule has 0 saturated carbocycles. The number of imide groups is 1. The number of nitrogens with one attached hydrogen (secondary N) is 1. The van der Waals surface area contributed by atoms with Gasteiger partial charge in [-0.1, -0.05) is 37.3 Å². The first-order valence-corrected chi connectivity index (χ1v) is 7.28. The van der Waals surface area contributed by atoms with Gasteiger partial charge in [0.25, 0.3) is 0 Å². The maximum Gasteiger partial charge on any atom is 0.237 e. The van der Waals surface area contributed by atoms with Crippen molar-refractivity contribution >= 4 is 11.8 Å². The number of piperidine rings is 1. The van der Waals surface area contributed by atoms with Crippen LogP contribution in [0.1, 0.15) is 31.2 Å². The lowest BCUT2D eigenvalue weighted by Crippen LogP contribution is -2.50. The largest absolute Gasteiger partial charge is 0.314 e. The summed E-state index contributed by atoms with van der Waals surface area (Å²) >= 11 is 0. The van der Waals surface area contributed by atoms with Crippen LogP contribution < -0.4 is 5.32 Å². The van der Waals surface area contributed by atoms with E-state index in [1.165, 1.54) is 4.90 Å². The van der Waals surface area contributed by atoms with Gasteiger partial charge >= 0.3 is 0 Å². The molecular formula is C16H20N2O2. The van der Waals surface area contributed by atoms with Crippen molar-refractivity contribution in [2.75, 3.05) is 13.1 Å². The molecule has 1 N–H and O–H groups in total. The highest BCUT2D eigenvalue weighted by atomic mass is 16.2. The SMILES string of the molecule is CC1CNCC(N2C(=O)CC(c3ccccc3)C2=O)C1.